The monoisotopic (exact) mass is 470 g/mol. The van der Waals surface area contributed by atoms with Crippen molar-refractivity contribution >= 4 is 34.8 Å². The van der Waals surface area contributed by atoms with Gasteiger partial charge < -0.3 is 14.9 Å². The minimum absolute atomic E-state index is 0.0110. The number of fused-ring (bicyclic) bond motifs is 1. The fourth-order valence-corrected chi connectivity index (χ4v) is 5.47. The van der Waals surface area contributed by atoms with Crippen molar-refractivity contribution in [3.8, 4) is 5.75 Å². The number of phenols is 1. The molecule has 0 aliphatic carbocycles. The van der Waals surface area contributed by atoms with E-state index in [4.69, 9.17) is 0 Å². The molecule has 0 saturated heterocycles. The van der Waals surface area contributed by atoms with Crippen LogP contribution >= 0.6 is 11.8 Å². The van der Waals surface area contributed by atoms with Crippen LogP contribution in [0.5, 0.6) is 5.75 Å². The molecule has 0 radical (unpaired) electrons. The van der Waals surface area contributed by atoms with Crippen LogP contribution in [0.2, 0.25) is 0 Å². The largest absolute Gasteiger partial charge is 0.508 e. The average molecular weight is 471 g/mol. The summed E-state index contributed by atoms with van der Waals surface area (Å²) in [5.74, 6) is 0.599. The molecule has 34 heavy (non-hydrogen) atoms. The van der Waals surface area contributed by atoms with Gasteiger partial charge in [-0.25, -0.2) is 0 Å². The minimum Gasteiger partial charge on any atom is -0.508 e. The van der Waals surface area contributed by atoms with E-state index >= 15 is 0 Å². The molecule has 2 heterocycles. The van der Waals surface area contributed by atoms with Gasteiger partial charge in [0.15, 0.2) is 0 Å². The number of anilines is 1. The number of phenolic OH excluding ortho intramolecular Hbond substituents is 1. The summed E-state index contributed by atoms with van der Waals surface area (Å²) in [7, 11) is 0. The zero-order valence-corrected chi connectivity index (χ0v) is 19.6. The Balaban J connectivity index is 1.25. The normalized spacial score (nSPS) is 15.1. The average Bonchev–Trinajstić information content (AvgIpc) is 3.32. The summed E-state index contributed by atoms with van der Waals surface area (Å²) in [5.41, 5.74) is 5.11. The molecule has 5 rings (SSSR count). The van der Waals surface area contributed by atoms with Gasteiger partial charge in [0.2, 0.25) is 5.91 Å². The van der Waals surface area contributed by atoms with Crippen molar-refractivity contribution in [3.63, 3.8) is 0 Å². The van der Waals surface area contributed by atoms with Crippen LogP contribution in [0.25, 0.3) is 5.57 Å². The third-order valence-corrected chi connectivity index (χ3v) is 7.45. The molecule has 0 saturated carbocycles. The van der Waals surface area contributed by atoms with E-state index in [-0.39, 0.29) is 17.6 Å². The fraction of sp³-hybridized carbons (Fsp3) is 0.214. The maximum Gasteiger partial charge on any atom is 0.255 e. The molecule has 0 aromatic heterocycles. The lowest BCUT2D eigenvalue weighted by Gasteiger charge is -2.27. The van der Waals surface area contributed by atoms with Crippen molar-refractivity contribution < 1.29 is 14.7 Å². The second-order valence-corrected chi connectivity index (χ2v) is 9.50. The van der Waals surface area contributed by atoms with Gasteiger partial charge in [0.1, 0.15) is 5.75 Å². The Kier molecular flexibility index (Phi) is 6.41. The van der Waals surface area contributed by atoms with Gasteiger partial charge in [0.25, 0.3) is 5.91 Å². The van der Waals surface area contributed by atoms with Gasteiger partial charge in [-0.3, -0.25) is 9.59 Å². The van der Waals surface area contributed by atoms with E-state index < -0.39 is 0 Å². The molecule has 2 aliphatic rings. The molecule has 2 aliphatic heterocycles. The number of thioether (sulfide) groups is 1. The summed E-state index contributed by atoms with van der Waals surface area (Å²) in [6, 6.07) is 22.8. The molecular weight excluding hydrogens is 444 g/mol. The van der Waals surface area contributed by atoms with E-state index in [1.807, 2.05) is 64.4 Å². The van der Waals surface area contributed by atoms with Crippen LogP contribution in [0.15, 0.2) is 83.8 Å². The highest BCUT2D eigenvalue weighted by Crippen LogP contribution is 2.31. The standard InChI is InChI=1S/C28H26N2O3S/c31-23-11-9-20(10-12-23)21-13-16-29(17-14-21)28(33)24-6-2-4-8-26(24)34-19-27(32)30-18-15-22-5-1-3-7-25(22)30/h1-13,31H,14-19H2. The summed E-state index contributed by atoms with van der Waals surface area (Å²) in [6.07, 6.45) is 3.73. The zero-order valence-electron chi connectivity index (χ0n) is 18.8. The highest BCUT2D eigenvalue weighted by atomic mass is 32.2. The first-order chi connectivity index (χ1) is 16.6. The van der Waals surface area contributed by atoms with Crippen LogP contribution in [0.1, 0.15) is 27.9 Å². The molecule has 0 spiro atoms. The smallest absolute Gasteiger partial charge is 0.255 e. The van der Waals surface area contributed by atoms with Crippen molar-refractivity contribution in [1.29, 1.82) is 0 Å². The van der Waals surface area contributed by atoms with Crippen LogP contribution in [0.4, 0.5) is 5.69 Å². The number of carbonyl (C=O) groups is 2. The van der Waals surface area contributed by atoms with Crippen molar-refractivity contribution in [2.45, 2.75) is 17.7 Å². The summed E-state index contributed by atoms with van der Waals surface area (Å²) in [6.45, 7) is 1.88. The number of carbonyl (C=O) groups excluding carboxylic acids is 2. The number of hydrogen-bond acceptors (Lipinski definition) is 4. The Hall–Kier alpha value is -3.51. The molecule has 6 heteroatoms. The number of hydrogen-bond donors (Lipinski definition) is 1. The van der Waals surface area contributed by atoms with E-state index in [2.05, 4.69) is 12.1 Å². The van der Waals surface area contributed by atoms with Crippen LogP contribution in [0.3, 0.4) is 0 Å². The predicted octanol–water partition coefficient (Wildman–Crippen LogP) is 5.00. The summed E-state index contributed by atoms with van der Waals surface area (Å²) < 4.78 is 0. The third kappa shape index (κ3) is 4.59. The highest BCUT2D eigenvalue weighted by molar-refractivity contribution is 8.00. The second kappa shape index (κ2) is 9.77. The Labute approximate surface area is 203 Å². The van der Waals surface area contributed by atoms with E-state index in [1.54, 1.807) is 12.1 Å². The number of aromatic hydroxyl groups is 1. The predicted molar refractivity (Wildman–Crippen MR) is 136 cm³/mol. The number of benzene rings is 3. The minimum atomic E-state index is -0.0110. The summed E-state index contributed by atoms with van der Waals surface area (Å²) >= 11 is 1.43. The molecule has 0 fully saturated rings. The van der Waals surface area contributed by atoms with Gasteiger partial charge in [-0.1, -0.05) is 48.5 Å². The summed E-state index contributed by atoms with van der Waals surface area (Å²) in [4.78, 5) is 30.8. The van der Waals surface area contributed by atoms with Gasteiger partial charge >= 0.3 is 0 Å². The Morgan fingerprint density at radius 1 is 0.882 bits per heavy atom. The number of para-hydroxylation sites is 1. The van der Waals surface area contributed by atoms with Gasteiger partial charge in [0.05, 0.1) is 11.3 Å². The zero-order chi connectivity index (χ0) is 23.5. The lowest BCUT2D eigenvalue weighted by molar-refractivity contribution is -0.116. The van der Waals surface area contributed by atoms with Crippen molar-refractivity contribution in [2.75, 3.05) is 30.3 Å². The van der Waals surface area contributed by atoms with Crippen LogP contribution in [-0.4, -0.2) is 47.2 Å². The molecule has 0 unspecified atom stereocenters. The lowest BCUT2D eigenvalue weighted by atomic mass is 9.99. The molecule has 1 N–H and O–H groups in total. The van der Waals surface area contributed by atoms with Crippen molar-refractivity contribution in [3.05, 3.63) is 95.6 Å². The van der Waals surface area contributed by atoms with Gasteiger partial charge in [-0.2, -0.15) is 0 Å². The van der Waals surface area contributed by atoms with Gasteiger partial charge in [-0.05, 0) is 59.9 Å². The molecule has 3 aromatic carbocycles. The number of amides is 2. The van der Waals surface area contributed by atoms with E-state index in [1.165, 1.54) is 22.9 Å². The maximum atomic E-state index is 13.3. The Morgan fingerprint density at radius 3 is 2.44 bits per heavy atom. The molecule has 0 atom stereocenters. The fourth-order valence-electron chi connectivity index (χ4n) is 4.55. The quantitative estimate of drug-likeness (QED) is 0.533. The topological polar surface area (TPSA) is 60.9 Å². The summed E-state index contributed by atoms with van der Waals surface area (Å²) in [5, 5.41) is 9.51. The maximum absolute atomic E-state index is 13.3. The Bertz CT molecular complexity index is 1250. The Morgan fingerprint density at radius 2 is 1.65 bits per heavy atom. The van der Waals surface area contributed by atoms with Crippen LogP contribution in [0, 0.1) is 0 Å². The molecule has 5 nitrogen and oxygen atoms in total. The first-order valence-corrected chi connectivity index (χ1v) is 12.5. The second-order valence-electron chi connectivity index (χ2n) is 8.49. The SMILES string of the molecule is O=C(c1ccccc1SCC(=O)N1CCc2ccccc21)N1CC=C(c2ccc(O)cc2)CC1. The molecule has 172 valence electrons. The third-order valence-electron chi connectivity index (χ3n) is 6.39. The lowest BCUT2D eigenvalue weighted by Crippen LogP contribution is -2.35. The number of nitrogens with zero attached hydrogens (tertiary/aromatic N) is 2. The highest BCUT2D eigenvalue weighted by Gasteiger charge is 2.25. The van der Waals surface area contributed by atoms with E-state index in [0.29, 0.717) is 31.0 Å². The first kappa shape index (κ1) is 22.3. The van der Waals surface area contributed by atoms with Gasteiger partial charge in [-0.15, -0.1) is 11.8 Å². The number of rotatable bonds is 5. The van der Waals surface area contributed by atoms with Crippen LogP contribution < -0.4 is 4.90 Å². The van der Waals surface area contributed by atoms with E-state index in [0.717, 1.165) is 29.0 Å². The van der Waals surface area contributed by atoms with Gasteiger partial charge in [0, 0.05) is 30.2 Å². The van der Waals surface area contributed by atoms with Crippen molar-refractivity contribution in [1.82, 2.24) is 4.90 Å². The van der Waals surface area contributed by atoms with Crippen LogP contribution in [-0.2, 0) is 11.2 Å². The molecule has 0 bridgehead atoms. The molecule has 2 amide bonds. The molecule has 3 aromatic rings. The first-order valence-electron chi connectivity index (χ1n) is 11.5. The van der Waals surface area contributed by atoms with Crippen molar-refractivity contribution in [2.24, 2.45) is 0 Å². The molecular formula is C28H26N2O3S. The van der Waals surface area contributed by atoms with E-state index in [9.17, 15) is 14.7 Å².